The number of fused-ring (bicyclic) bond motifs is 1. The van der Waals surface area contributed by atoms with Gasteiger partial charge in [0.2, 0.25) is 5.13 Å². The number of methoxy groups -OCH3 is 2. The second-order valence-electron chi connectivity index (χ2n) is 11.5. The number of ether oxygens (including phenoxy) is 3. The van der Waals surface area contributed by atoms with Crippen molar-refractivity contribution in [2.45, 2.75) is 22.7 Å². The first-order valence-corrected chi connectivity index (χ1v) is 17.6. The Labute approximate surface area is 300 Å². The first kappa shape index (κ1) is 33.8. The molecule has 1 aliphatic rings. The maximum atomic E-state index is 14.8. The SMILES string of the molecule is COc1ccc(/C(O)=C2\C(=O)C(=O)N(c3nnc(SCc4cccc5ccccc45)s3)C2c2ccc(OCc3ccccc3)c(OC)c2)cc1F. The first-order chi connectivity index (χ1) is 24.9. The van der Waals surface area contributed by atoms with E-state index in [4.69, 9.17) is 14.2 Å². The summed E-state index contributed by atoms with van der Waals surface area (Å²) >= 11 is 2.61. The highest BCUT2D eigenvalue weighted by atomic mass is 32.2. The van der Waals surface area contributed by atoms with Crippen molar-refractivity contribution < 1.29 is 33.3 Å². The lowest BCUT2D eigenvalue weighted by molar-refractivity contribution is -0.132. The summed E-state index contributed by atoms with van der Waals surface area (Å²) in [6, 6.07) is 31.5. The molecule has 1 amide bonds. The van der Waals surface area contributed by atoms with Crippen LogP contribution >= 0.6 is 23.1 Å². The number of ketones is 1. The van der Waals surface area contributed by atoms with Crippen molar-refractivity contribution in [3.8, 4) is 17.2 Å². The average molecular weight is 720 g/mol. The molecule has 0 spiro atoms. The Morgan fingerprint density at radius 1 is 0.863 bits per heavy atom. The fraction of sp³-hybridized carbons (Fsp3) is 0.128. The van der Waals surface area contributed by atoms with Crippen LogP contribution in [0.15, 0.2) is 119 Å². The monoisotopic (exact) mass is 719 g/mol. The molecule has 256 valence electrons. The maximum Gasteiger partial charge on any atom is 0.301 e. The lowest BCUT2D eigenvalue weighted by Crippen LogP contribution is -2.29. The van der Waals surface area contributed by atoms with Gasteiger partial charge in [0.15, 0.2) is 27.4 Å². The number of carbonyl (C=O) groups is 2. The molecule has 51 heavy (non-hydrogen) atoms. The standard InChI is InChI=1S/C39H30FN3O6S2/c1-47-30-17-16-26(19-29(30)40)35(44)33-34(25-15-18-31(32(20-25)48-2)49-21-23-9-4-3-5-10-23)43(37(46)36(33)45)38-41-42-39(51-38)50-22-27-13-8-12-24-11-6-7-14-28(24)27/h3-20,34,44H,21-22H2,1-2H3/b35-33+. The average Bonchev–Trinajstić information content (AvgIpc) is 3.74. The van der Waals surface area contributed by atoms with Crippen LogP contribution < -0.4 is 19.1 Å². The summed E-state index contributed by atoms with van der Waals surface area (Å²) in [5.41, 5.74) is 2.24. The van der Waals surface area contributed by atoms with Gasteiger partial charge in [0, 0.05) is 11.3 Å². The molecule has 12 heteroatoms. The normalized spacial score (nSPS) is 15.4. The van der Waals surface area contributed by atoms with Crippen LogP contribution in [0.5, 0.6) is 17.2 Å². The van der Waals surface area contributed by atoms with Crippen LogP contribution in [-0.2, 0) is 21.9 Å². The lowest BCUT2D eigenvalue weighted by Gasteiger charge is -2.23. The smallest absolute Gasteiger partial charge is 0.301 e. The molecule has 9 nitrogen and oxygen atoms in total. The number of hydrogen-bond acceptors (Lipinski definition) is 10. The zero-order valence-corrected chi connectivity index (χ0v) is 29.0. The maximum absolute atomic E-state index is 14.8. The molecule has 5 aromatic carbocycles. The van der Waals surface area contributed by atoms with Gasteiger partial charge in [0.05, 0.1) is 25.8 Å². The van der Waals surface area contributed by atoms with E-state index in [1.54, 1.807) is 18.2 Å². The van der Waals surface area contributed by atoms with E-state index in [9.17, 15) is 19.1 Å². The Hall–Kier alpha value is -5.72. The van der Waals surface area contributed by atoms with Crippen molar-refractivity contribution in [1.82, 2.24) is 10.2 Å². The predicted molar refractivity (Wildman–Crippen MR) is 195 cm³/mol. The van der Waals surface area contributed by atoms with Crippen LogP contribution in [0.3, 0.4) is 0 Å². The van der Waals surface area contributed by atoms with E-state index in [-0.39, 0.29) is 28.6 Å². The van der Waals surface area contributed by atoms with E-state index >= 15 is 0 Å². The van der Waals surface area contributed by atoms with Crippen molar-refractivity contribution in [2.24, 2.45) is 0 Å². The zero-order chi connectivity index (χ0) is 35.5. The molecule has 1 N–H and O–H groups in total. The third kappa shape index (κ3) is 6.75. The summed E-state index contributed by atoms with van der Waals surface area (Å²) in [4.78, 5) is 28.8. The molecular weight excluding hydrogens is 690 g/mol. The number of nitrogens with zero attached hydrogens (tertiary/aromatic N) is 3. The Balaban J connectivity index is 1.26. The number of carbonyl (C=O) groups excluding carboxylic acids is 2. The van der Waals surface area contributed by atoms with Crippen molar-refractivity contribution >= 4 is 56.5 Å². The van der Waals surface area contributed by atoms with Crippen LogP contribution in [0.2, 0.25) is 0 Å². The van der Waals surface area contributed by atoms with Gasteiger partial charge in [-0.1, -0.05) is 102 Å². The summed E-state index contributed by atoms with van der Waals surface area (Å²) in [5, 5.41) is 22.6. The van der Waals surface area contributed by atoms with Crippen LogP contribution in [0.25, 0.3) is 16.5 Å². The number of amides is 1. The van der Waals surface area contributed by atoms with Crippen LogP contribution in [-0.4, -0.2) is 41.2 Å². The summed E-state index contributed by atoms with van der Waals surface area (Å²) in [6.45, 7) is 0.280. The number of benzene rings is 5. The van der Waals surface area contributed by atoms with Gasteiger partial charge in [-0.15, -0.1) is 10.2 Å². The molecular formula is C39H30FN3O6S2. The van der Waals surface area contributed by atoms with Crippen molar-refractivity contribution in [2.75, 3.05) is 19.1 Å². The molecule has 0 bridgehead atoms. The highest BCUT2D eigenvalue weighted by molar-refractivity contribution is 8.00. The molecule has 1 aliphatic heterocycles. The minimum absolute atomic E-state index is 0.00493. The molecule has 6 aromatic rings. The summed E-state index contributed by atoms with van der Waals surface area (Å²) in [5.74, 6) is -1.84. The molecule has 0 aliphatic carbocycles. The highest BCUT2D eigenvalue weighted by Gasteiger charge is 2.48. The van der Waals surface area contributed by atoms with Gasteiger partial charge in [0.1, 0.15) is 12.4 Å². The van der Waals surface area contributed by atoms with Gasteiger partial charge < -0.3 is 19.3 Å². The number of Topliss-reactive ketones (excluding diaryl/α,β-unsaturated/α-hetero) is 1. The number of thioether (sulfide) groups is 1. The second-order valence-corrected chi connectivity index (χ2v) is 13.7. The lowest BCUT2D eigenvalue weighted by atomic mass is 9.95. The van der Waals surface area contributed by atoms with Crippen molar-refractivity contribution in [3.05, 3.63) is 143 Å². The number of aliphatic hydroxyl groups excluding tert-OH is 1. The van der Waals surface area contributed by atoms with E-state index in [0.29, 0.717) is 27.2 Å². The Morgan fingerprint density at radius 2 is 1.61 bits per heavy atom. The van der Waals surface area contributed by atoms with E-state index < -0.39 is 29.3 Å². The van der Waals surface area contributed by atoms with Crippen LogP contribution in [0.4, 0.5) is 9.52 Å². The molecule has 1 unspecified atom stereocenters. The van der Waals surface area contributed by atoms with E-state index in [1.807, 2.05) is 48.5 Å². The van der Waals surface area contributed by atoms with Gasteiger partial charge >= 0.3 is 5.91 Å². The highest BCUT2D eigenvalue weighted by Crippen LogP contribution is 2.46. The third-order valence-electron chi connectivity index (χ3n) is 8.44. The number of hydrogen-bond donors (Lipinski definition) is 1. The van der Waals surface area contributed by atoms with Crippen LogP contribution in [0.1, 0.15) is 28.3 Å². The minimum atomic E-state index is -1.16. The molecule has 2 heterocycles. The number of aliphatic hydroxyl groups is 1. The number of rotatable bonds is 11. The summed E-state index contributed by atoms with van der Waals surface area (Å²) in [6.07, 6.45) is 0. The predicted octanol–water partition coefficient (Wildman–Crippen LogP) is 8.35. The molecule has 0 saturated carbocycles. The van der Waals surface area contributed by atoms with Crippen LogP contribution in [0, 0.1) is 5.82 Å². The minimum Gasteiger partial charge on any atom is -0.507 e. The van der Waals surface area contributed by atoms with Gasteiger partial charge in [-0.3, -0.25) is 14.5 Å². The first-order valence-electron chi connectivity index (χ1n) is 15.8. The van der Waals surface area contributed by atoms with Gasteiger partial charge in [-0.25, -0.2) is 4.39 Å². The molecule has 1 aromatic heterocycles. The largest absolute Gasteiger partial charge is 0.507 e. The number of aromatic nitrogens is 2. The van der Waals surface area contributed by atoms with Crippen molar-refractivity contribution in [1.29, 1.82) is 0 Å². The van der Waals surface area contributed by atoms with E-state index in [0.717, 1.165) is 39.3 Å². The molecule has 0 radical (unpaired) electrons. The van der Waals surface area contributed by atoms with Gasteiger partial charge in [-0.05, 0) is 57.8 Å². The second kappa shape index (κ2) is 14.6. The number of halogens is 1. The van der Waals surface area contributed by atoms with Crippen molar-refractivity contribution in [3.63, 3.8) is 0 Å². The zero-order valence-electron chi connectivity index (χ0n) is 27.4. The summed E-state index contributed by atoms with van der Waals surface area (Å²) < 4.78 is 32.1. The van der Waals surface area contributed by atoms with E-state index in [1.165, 1.54) is 43.0 Å². The molecule has 1 atom stereocenters. The number of anilines is 1. The quantitative estimate of drug-likeness (QED) is 0.0465. The third-order valence-corrected chi connectivity index (χ3v) is 10.5. The van der Waals surface area contributed by atoms with E-state index in [2.05, 4.69) is 34.5 Å². The van der Waals surface area contributed by atoms with Gasteiger partial charge in [-0.2, -0.15) is 0 Å². The molecule has 1 fully saturated rings. The Kier molecular flexibility index (Phi) is 9.69. The Morgan fingerprint density at radius 3 is 2.39 bits per heavy atom. The fourth-order valence-corrected chi connectivity index (χ4v) is 7.81. The summed E-state index contributed by atoms with van der Waals surface area (Å²) in [7, 11) is 2.80. The fourth-order valence-electron chi connectivity index (χ4n) is 5.94. The van der Waals surface area contributed by atoms with Gasteiger partial charge in [0.25, 0.3) is 5.78 Å². The molecule has 7 rings (SSSR count). The topological polar surface area (TPSA) is 111 Å². The molecule has 1 saturated heterocycles. The Bertz CT molecular complexity index is 2290.